The summed E-state index contributed by atoms with van der Waals surface area (Å²) in [6, 6.07) is 6.89. The standard InChI is InChI=1S/C11H13BrO3/c12-6-3-7-15-8-9-4-1-2-5-10(9)11(13)14/h1-2,4-5H,3,6-8H2,(H,13,14). The summed E-state index contributed by atoms with van der Waals surface area (Å²) in [6.07, 6.45) is 0.926. The van der Waals surface area contributed by atoms with Crippen LogP contribution in [-0.2, 0) is 11.3 Å². The highest BCUT2D eigenvalue weighted by Crippen LogP contribution is 2.10. The first kappa shape index (κ1) is 12.2. The summed E-state index contributed by atoms with van der Waals surface area (Å²) >= 11 is 3.30. The van der Waals surface area contributed by atoms with E-state index in [1.54, 1.807) is 18.2 Å². The zero-order valence-electron chi connectivity index (χ0n) is 8.28. The maximum Gasteiger partial charge on any atom is 0.336 e. The molecule has 1 N–H and O–H groups in total. The Balaban J connectivity index is 2.56. The largest absolute Gasteiger partial charge is 0.478 e. The first-order chi connectivity index (χ1) is 7.25. The van der Waals surface area contributed by atoms with Crippen molar-refractivity contribution in [3.63, 3.8) is 0 Å². The number of carbonyl (C=O) groups is 1. The van der Waals surface area contributed by atoms with Gasteiger partial charge in [0.25, 0.3) is 0 Å². The molecule has 0 unspecified atom stereocenters. The number of ether oxygens (including phenoxy) is 1. The summed E-state index contributed by atoms with van der Waals surface area (Å²) in [5.74, 6) is -0.908. The van der Waals surface area contributed by atoms with Crippen molar-refractivity contribution in [2.45, 2.75) is 13.0 Å². The third-order valence-electron chi connectivity index (χ3n) is 1.93. The topological polar surface area (TPSA) is 46.5 Å². The molecule has 0 saturated heterocycles. The molecule has 0 aliphatic rings. The predicted octanol–water partition coefficient (Wildman–Crippen LogP) is 2.69. The average Bonchev–Trinajstić information content (AvgIpc) is 2.25. The number of alkyl halides is 1. The van der Waals surface area contributed by atoms with Gasteiger partial charge in [-0.25, -0.2) is 4.79 Å². The third-order valence-corrected chi connectivity index (χ3v) is 2.49. The van der Waals surface area contributed by atoms with Gasteiger partial charge in [-0.1, -0.05) is 34.1 Å². The lowest BCUT2D eigenvalue weighted by atomic mass is 10.1. The maximum absolute atomic E-state index is 10.8. The molecule has 15 heavy (non-hydrogen) atoms. The molecular weight excluding hydrogens is 260 g/mol. The van der Waals surface area contributed by atoms with E-state index >= 15 is 0 Å². The second kappa shape index (κ2) is 6.58. The van der Waals surface area contributed by atoms with E-state index in [2.05, 4.69) is 15.9 Å². The van der Waals surface area contributed by atoms with Gasteiger partial charge >= 0.3 is 5.97 Å². The smallest absolute Gasteiger partial charge is 0.336 e. The Kier molecular flexibility index (Phi) is 5.36. The molecule has 82 valence electrons. The Morgan fingerprint density at radius 3 is 2.80 bits per heavy atom. The van der Waals surface area contributed by atoms with Crippen LogP contribution in [0.1, 0.15) is 22.3 Å². The number of hydrogen-bond donors (Lipinski definition) is 1. The van der Waals surface area contributed by atoms with Crippen LogP contribution < -0.4 is 0 Å². The molecule has 0 aliphatic heterocycles. The molecule has 0 saturated carbocycles. The molecule has 0 bridgehead atoms. The van der Waals surface area contributed by atoms with Gasteiger partial charge in [0.2, 0.25) is 0 Å². The second-order valence-corrected chi connectivity index (χ2v) is 3.85. The highest BCUT2D eigenvalue weighted by atomic mass is 79.9. The molecule has 1 rings (SSSR count). The Labute approximate surface area is 97.2 Å². The lowest BCUT2D eigenvalue weighted by Gasteiger charge is -2.06. The highest BCUT2D eigenvalue weighted by Gasteiger charge is 2.08. The van der Waals surface area contributed by atoms with Crippen molar-refractivity contribution in [1.29, 1.82) is 0 Å². The van der Waals surface area contributed by atoms with Crippen LogP contribution in [0.5, 0.6) is 0 Å². The highest BCUT2D eigenvalue weighted by molar-refractivity contribution is 9.09. The van der Waals surface area contributed by atoms with E-state index in [0.29, 0.717) is 18.8 Å². The lowest BCUT2D eigenvalue weighted by molar-refractivity contribution is 0.0687. The van der Waals surface area contributed by atoms with E-state index in [-0.39, 0.29) is 0 Å². The molecule has 1 aromatic rings. The van der Waals surface area contributed by atoms with Crippen LogP contribution in [0.3, 0.4) is 0 Å². The summed E-state index contributed by atoms with van der Waals surface area (Å²) in [5.41, 5.74) is 1.04. The fraction of sp³-hybridized carbons (Fsp3) is 0.364. The Morgan fingerprint density at radius 2 is 2.13 bits per heavy atom. The molecule has 0 amide bonds. The van der Waals surface area contributed by atoms with Crippen LogP contribution in [0, 0.1) is 0 Å². The molecule has 0 heterocycles. The number of rotatable bonds is 6. The van der Waals surface area contributed by atoms with Crippen molar-refractivity contribution in [3.8, 4) is 0 Å². The quantitative estimate of drug-likeness (QED) is 0.640. The van der Waals surface area contributed by atoms with Gasteiger partial charge < -0.3 is 9.84 Å². The van der Waals surface area contributed by atoms with Crippen LogP contribution in [-0.4, -0.2) is 23.0 Å². The Morgan fingerprint density at radius 1 is 1.40 bits per heavy atom. The van der Waals surface area contributed by atoms with E-state index in [9.17, 15) is 4.79 Å². The lowest BCUT2D eigenvalue weighted by Crippen LogP contribution is -2.04. The zero-order chi connectivity index (χ0) is 11.1. The van der Waals surface area contributed by atoms with E-state index in [1.807, 2.05) is 6.07 Å². The number of carboxylic acid groups (broad SMARTS) is 1. The van der Waals surface area contributed by atoms with Crippen molar-refractivity contribution in [1.82, 2.24) is 0 Å². The molecule has 0 radical (unpaired) electrons. The van der Waals surface area contributed by atoms with Crippen LogP contribution in [0.2, 0.25) is 0 Å². The van der Waals surface area contributed by atoms with E-state index < -0.39 is 5.97 Å². The van der Waals surface area contributed by atoms with Gasteiger partial charge in [0.15, 0.2) is 0 Å². The SMILES string of the molecule is O=C(O)c1ccccc1COCCCBr. The van der Waals surface area contributed by atoms with Gasteiger partial charge in [0, 0.05) is 11.9 Å². The number of carboxylic acids is 1. The Hall–Kier alpha value is -0.870. The summed E-state index contributed by atoms with van der Waals surface area (Å²) in [5, 5.41) is 9.80. The van der Waals surface area contributed by atoms with Gasteiger partial charge in [-0.2, -0.15) is 0 Å². The summed E-state index contributed by atoms with van der Waals surface area (Å²) < 4.78 is 5.36. The zero-order valence-corrected chi connectivity index (χ0v) is 9.87. The number of benzene rings is 1. The molecule has 0 spiro atoms. The van der Waals surface area contributed by atoms with Gasteiger partial charge in [0.1, 0.15) is 0 Å². The van der Waals surface area contributed by atoms with Crippen LogP contribution in [0.25, 0.3) is 0 Å². The summed E-state index contributed by atoms with van der Waals surface area (Å²) in [7, 11) is 0. The second-order valence-electron chi connectivity index (χ2n) is 3.06. The summed E-state index contributed by atoms with van der Waals surface area (Å²) in [6.45, 7) is 0.995. The van der Waals surface area contributed by atoms with Crippen molar-refractivity contribution < 1.29 is 14.6 Å². The van der Waals surface area contributed by atoms with Gasteiger partial charge in [-0.05, 0) is 18.1 Å². The van der Waals surface area contributed by atoms with E-state index in [0.717, 1.165) is 17.3 Å². The Bertz CT molecular complexity index is 325. The summed E-state index contributed by atoms with van der Waals surface area (Å²) in [4.78, 5) is 10.8. The molecule has 0 fully saturated rings. The first-order valence-corrected chi connectivity index (χ1v) is 5.82. The minimum absolute atomic E-state index is 0.316. The van der Waals surface area contributed by atoms with E-state index in [4.69, 9.17) is 9.84 Å². The predicted molar refractivity (Wildman–Crippen MR) is 61.5 cm³/mol. The van der Waals surface area contributed by atoms with Gasteiger partial charge in [-0.15, -0.1) is 0 Å². The van der Waals surface area contributed by atoms with Crippen molar-refractivity contribution in [2.75, 3.05) is 11.9 Å². The number of hydrogen-bond acceptors (Lipinski definition) is 2. The molecular formula is C11H13BrO3. The third kappa shape index (κ3) is 4.01. The fourth-order valence-corrected chi connectivity index (χ4v) is 1.42. The van der Waals surface area contributed by atoms with Crippen LogP contribution in [0.4, 0.5) is 0 Å². The molecule has 4 heteroatoms. The van der Waals surface area contributed by atoms with Crippen molar-refractivity contribution in [3.05, 3.63) is 35.4 Å². The normalized spacial score (nSPS) is 10.2. The maximum atomic E-state index is 10.8. The monoisotopic (exact) mass is 272 g/mol. The average molecular weight is 273 g/mol. The molecule has 1 aromatic carbocycles. The first-order valence-electron chi connectivity index (χ1n) is 4.70. The number of halogens is 1. The van der Waals surface area contributed by atoms with Crippen LogP contribution >= 0.6 is 15.9 Å². The molecule has 0 aromatic heterocycles. The van der Waals surface area contributed by atoms with Crippen LogP contribution in [0.15, 0.2) is 24.3 Å². The fourth-order valence-electron chi connectivity index (χ4n) is 1.19. The molecule has 0 atom stereocenters. The molecule has 3 nitrogen and oxygen atoms in total. The van der Waals surface area contributed by atoms with Gasteiger partial charge in [-0.3, -0.25) is 0 Å². The minimum Gasteiger partial charge on any atom is -0.478 e. The van der Waals surface area contributed by atoms with Gasteiger partial charge in [0.05, 0.1) is 12.2 Å². The van der Waals surface area contributed by atoms with E-state index in [1.165, 1.54) is 0 Å². The number of aromatic carboxylic acids is 1. The van der Waals surface area contributed by atoms with Crippen molar-refractivity contribution >= 4 is 21.9 Å². The minimum atomic E-state index is -0.908. The molecule has 0 aliphatic carbocycles. The van der Waals surface area contributed by atoms with Crippen molar-refractivity contribution in [2.24, 2.45) is 0 Å².